The number of piperidine rings is 1. The normalized spacial score (nSPS) is 13.9. The van der Waals surface area contributed by atoms with Crippen LogP contribution < -0.4 is 9.64 Å². The summed E-state index contributed by atoms with van der Waals surface area (Å²) >= 11 is 3.24. The molecule has 1 N–H and O–H groups in total. The molecule has 0 aliphatic carbocycles. The van der Waals surface area contributed by atoms with Crippen LogP contribution in [0.25, 0.3) is 11.3 Å². The van der Waals surface area contributed by atoms with E-state index in [9.17, 15) is 14.3 Å². The Balaban J connectivity index is 1.61. The smallest absolute Gasteiger partial charge is 0.335 e. The third-order valence-electron chi connectivity index (χ3n) is 4.83. The molecule has 2 aromatic heterocycles. The number of benzene rings is 1. The number of pyridine rings is 2. The Bertz CT molecular complexity index is 1050. The fourth-order valence-electron chi connectivity index (χ4n) is 3.39. The Morgan fingerprint density at radius 2 is 1.90 bits per heavy atom. The van der Waals surface area contributed by atoms with Crippen molar-refractivity contribution in [3.63, 3.8) is 0 Å². The van der Waals surface area contributed by atoms with E-state index in [-0.39, 0.29) is 11.4 Å². The number of anilines is 1. The number of aromatic carboxylic acids is 1. The van der Waals surface area contributed by atoms with Gasteiger partial charge >= 0.3 is 5.97 Å². The summed E-state index contributed by atoms with van der Waals surface area (Å²) in [4.78, 5) is 22.6. The maximum atomic E-state index is 13.8. The Labute approximate surface area is 181 Å². The average molecular weight is 472 g/mol. The van der Waals surface area contributed by atoms with Crippen molar-refractivity contribution in [3.8, 4) is 22.9 Å². The number of halogens is 2. The van der Waals surface area contributed by atoms with Crippen LogP contribution in [0, 0.1) is 5.82 Å². The molecule has 154 valence electrons. The minimum Gasteiger partial charge on any atom is -0.478 e. The van der Waals surface area contributed by atoms with Gasteiger partial charge in [-0.2, -0.15) is 0 Å². The second kappa shape index (κ2) is 8.79. The van der Waals surface area contributed by atoms with E-state index in [1.165, 1.54) is 30.7 Å². The summed E-state index contributed by atoms with van der Waals surface area (Å²) < 4.78 is 20.1. The molecular formula is C22H19BrFN3O3. The number of carboxylic acid groups (broad SMARTS) is 1. The predicted molar refractivity (Wildman–Crippen MR) is 115 cm³/mol. The van der Waals surface area contributed by atoms with Crippen molar-refractivity contribution in [2.45, 2.75) is 19.3 Å². The number of hydrogen-bond donors (Lipinski definition) is 1. The predicted octanol–water partition coefficient (Wildman–Crippen LogP) is 5.53. The highest BCUT2D eigenvalue weighted by atomic mass is 79.9. The minimum absolute atomic E-state index is 0.00622. The summed E-state index contributed by atoms with van der Waals surface area (Å²) in [6.45, 7) is 1.98. The van der Waals surface area contributed by atoms with Crippen molar-refractivity contribution >= 4 is 27.7 Å². The van der Waals surface area contributed by atoms with Crippen LogP contribution in [-0.4, -0.2) is 34.1 Å². The molecule has 0 amide bonds. The lowest BCUT2D eigenvalue weighted by Crippen LogP contribution is -2.29. The maximum absolute atomic E-state index is 13.8. The molecular weight excluding hydrogens is 453 g/mol. The zero-order valence-corrected chi connectivity index (χ0v) is 17.6. The first kappa shape index (κ1) is 20.3. The van der Waals surface area contributed by atoms with E-state index in [0.29, 0.717) is 21.5 Å². The molecule has 4 rings (SSSR count). The van der Waals surface area contributed by atoms with Crippen molar-refractivity contribution in [3.05, 3.63) is 64.5 Å². The molecule has 1 aliphatic heterocycles. The van der Waals surface area contributed by atoms with Gasteiger partial charge in [-0.05, 0) is 55.7 Å². The van der Waals surface area contributed by atoms with E-state index in [2.05, 4.69) is 30.8 Å². The third kappa shape index (κ3) is 4.76. The van der Waals surface area contributed by atoms with Crippen LogP contribution in [0.2, 0.25) is 0 Å². The average Bonchev–Trinajstić information content (AvgIpc) is 2.74. The van der Waals surface area contributed by atoms with E-state index in [1.54, 1.807) is 18.3 Å². The van der Waals surface area contributed by atoms with Gasteiger partial charge in [-0.1, -0.05) is 15.9 Å². The number of carbonyl (C=O) groups is 1. The van der Waals surface area contributed by atoms with Crippen LogP contribution in [0.3, 0.4) is 0 Å². The van der Waals surface area contributed by atoms with E-state index >= 15 is 0 Å². The van der Waals surface area contributed by atoms with E-state index in [4.69, 9.17) is 4.74 Å². The molecule has 30 heavy (non-hydrogen) atoms. The van der Waals surface area contributed by atoms with Gasteiger partial charge in [0.1, 0.15) is 17.4 Å². The van der Waals surface area contributed by atoms with Crippen LogP contribution in [-0.2, 0) is 0 Å². The standard InChI is InChI=1S/C22H19BrFN3O3/c23-16-8-14(9-17(24)12-16)19-10-15(22(28)29)11-21(26-19)30-18-4-5-20(25-13-18)27-6-2-1-3-7-27/h4-5,8-13H,1-3,6-7H2,(H,28,29). The second-order valence-electron chi connectivity index (χ2n) is 7.04. The molecule has 1 aromatic carbocycles. The molecule has 3 aromatic rings. The van der Waals surface area contributed by atoms with Gasteiger partial charge in [-0.25, -0.2) is 19.2 Å². The molecule has 1 fully saturated rings. The molecule has 6 nitrogen and oxygen atoms in total. The third-order valence-corrected chi connectivity index (χ3v) is 5.29. The number of nitrogens with zero attached hydrogens (tertiary/aromatic N) is 3. The Hall–Kier alpha value is -3.00. The summed E-state index contributed by atoms with van der Waals surface area (Å²) in [5.41, 5.74) is 0.727. The summed E-state index contributed by atoms with van der Waals surface area (Å²) in [7, 11) is 0. The van der Waals surface area contributed by atoms with Gasteiger partial charge in [-0.3, -0.25) is 0 Å². The van der Waals surface area contributed by atoms with Crippen LogP contribution in [0.1, 0.15) is 29.6 Å². The number of carboxylic acids is 1. The van der Waals surface area contributed by atoms with Crippen LogP contribution in [0.5, 0.6) is 11.6 Å². The number of rotatable bonds is 5. The van der Waals surface area contributed by atoms with Gasteiger partial charge in [0, 0.05) is 29.2 Å². The Kier molecular flexibility index (Phi) is 5.94. The van der Waals surface area contributed by atoms with Crippen molar-refractivity contribution in [2.75, 3.05) is 18.0 Å². The lowest BCUT2D eigenvalue weighted by molar-refractivity contribution is 0.0696. The number of hydrogen-bond acceptors (Lipinski definition) is 5. The van der Waals surface area contributed by atoms with Gasteiger partial charge in [0.05, 0.1) is 17.5 Å². The van der Waals surface area contributed by atoms with Gasteiger partial charge in [0.25, 0.3) is 0 Å². The fraction of sp³-hybridized carbons (Fsp3) is 0.227. The summed E-state index contributed by atoms with van der Waals surface area (Å²) in [6.07, 6.45) is 5.15. The fourth-order valence-corrected chi connectivity index (χ4v) is 3.86. The molecule has 1 aliphatic rings. The van der Waals surface area contributed by atoms with Crippen molar-refractivity contribution < 1.29 is 19.0 Å². The number of aromatic nitrogens is 2. The lowest BCUT2D eigenvalue weighted by atomic mass is 10.1. The summed E-state index contributed by atoms with van der Waals surface area (Å²) in [6, 6.07) is 10.6. The van der Waals surface area contributed by atoms with Crippen LogP contribution in [0.4, 0.5) is 10.2 Å². The summed E-state index contributed by atoms with van der Waals surface area (Å²) in [5.74, 6) is -0.158. The molecule has 0 spiro atoms. The van der Waals surface area contributed by atoms with Gasteiger partial charge < -0.3 is 14.7 Å². The van der Waals surface area contributed by atoms with Crippen LogP contribution in [0.15, 0.2) is 53.1 Å². The summed E-state index contributed by atoms with van der Waals surface area (Å²) in [5, 5.41) is 9.45. The van der Waals surface area contributed by atoms with E-state index in [0.717, 1.165) is 31.7 Å². The zero-order chi connectivity index (χ0) is 21.1. The first-order valence-corrected chi connectivity index (χ1v) is 10.4. The molecule has 1 saturated heterocycles. The van der Waals surface area contributed by atoms with E-state index in [1.807, 2.05) is 6.07 Å². The van der Waals surface area contributed by atoms with Crippen molar-refractivity contribution in [1.29, 1.82) is 0 Å². The lowest BCUT2D eigenvalue weighted by Gasteiger charge is -2.27. The highest BCUT2D eigenvalue weighted by Crippen LogP contribution is 2.29. The van der Waals surface area contributed by atoms with Crippen molar-refractivity contribution in [2.24, 2.45) is 0 Å². The monoisotopic (exact) mass is 471 g/mol. The van der Waals surface area contributed by atoms with E-state index < -0.39 is 11.8 Å². The quantitative estimate of drug-likeness (QED) is 0.527. The SMILES string of the molecule is O=C(O)c1cc(Oc2ccc(N3CCCCC3)nc2)nc(-c2cc(F)cc(Br)c2)c1. The molecule has 0 bridgehead atoms. The molecule has 0 saturated carbocycles. The molecule has 3 heterocycles. The Morgan fingerprint density at radius 3 is 2.57 bits per heavy atom. The highest BCUT2D eigenvalue weighted by molar-refractivity contribution is 9.10. The molecule has 0 radical (unpaired) electrons. The zero-order valence-electron chi connectivity index (χ0n) is 16.0. The second-order valence-corrected chi connectivity index (χ2v) is 7.96. The first-order valence-electron chi connectivity index (χ1n) is 9.59. The Morgan fingerprint density at radius 1 is 1.10 bits per heavy atom. The topological polar surface area (TPSA) is 75.6 Å². The maximum Gasteiger partial charge on any atom is 0.335 e. The largest absolute Gasteiger partial charge is 0.478 e. The van der Waals surface area contributed by atoms with Gasteiger partial charge in [-0.15, -0.1) is 0 Å². The van der Waals surface area contributed by atoms with Crippen LogP contribution >= 0.6 is 15.9 Å². The number of ether oxygens (including phenoxy) is 1. The van der Waals surface area contributed by atoms with Gasteiger partial charge in [0.2, 0.25) is 5.88 Å². The first-order chi connectivity index (χ1) is 14.5. The molecule has 0 unspecified atom stereocenters. The van der Waals surface area contributed by atoms with Crippen molar-refractivity contribution in [1.82, 2.24) is 9.97 Å². The van der Waals surface area contributed by atoms with Gasteiger partial charge in [0.15, 0.2) is 0 Å². The molecule has 8 heteroatoms. The highest BCUT2D eigenvalue weighted by Gasteiger charge is 2.14. The minimum atomic E-state index is -1.13. The molecule has 0 atom stereocenters.